The molecule has 5 rings (SSSR count). The molecule has 5 atom stereocenters. The van der Waals surface area contributed by atoms with E-state index in [0.29, 0.717) is 46.9 Å². The van der Waals surface area contributed by atoms with Gasteiger partial charge in [0.2, 0.25) is 11.9 Å². The Morgan fingerprint density at radius 1 is 0.891 bits per heavy atom. The van der Waals surface area contributed by atoms with Gasteiger partial charge in [0, 0.05) is 44.7 Å². The average molecular weight is 657 g/mol. The predicted molar refractivity (Wildman–Crippen MR) is 158 cm³/mol. The lowest BCUT2D eigenvalue weighted by Gasteiger charge is -2.49. The van der Waals surface area contributed by atoms with Gasteiger partial charge in [-0.05, 0) is 54.3 Å². The summed E-state index contributed by atoms with van der Waals surface area (Å²) < 4.78 is 40.8. The molecule has 2 aromatic rings. The predicted octanol–water partition coefficient (Wildman–Crippen LogP) is 3.87. The van der Waals surface area contributed by atoms with Crippen LogP contribution in [0.15, 0.2) is 54.3 Å². The number of ether oxygens (including phenoxy) is 7. The van der Waals surface area contributed by atoms with Crippen LogP contribution >= 0.6 is 11.6 Å². The van der Waals surface area contributed by atoms with Crippen molar-refractivity contribution in [1.29, 1.82) is 0 Å². The van der Waals surface area contributed by atoms with Crippen molar-refractivity contribution in [1.82, 2.24) is 0 Å². The fourth-order valence-corrected chi connectivity index (χ4v) is 6.02. The van der Waals surface area contributed by atoms with Gasteiger partial charge in [0.15, 0.2) is 29.4 Å². The molecule has 0 unspecified atom stereocenters. The molecule has 244 valence electrons. The molecule has 1 aliphatic carbocycles. The average Bonchev–Trinajstić information content (AvgIpc) is 3.56. The zero-order valence-electron chi connectivity index (χ0n) is 25.7. The van der Waals surface area contributed by atoms with Crippen LogP contribution in [0.1, 0.15) is 57.2 Å². The summed E-state index contributed by atoms with van der Waals surface area (Å²) in [6.45, 7) is 3.95. The van der Waals surface area contributed by atoms with E-state index in [9.17, 15) is 24.0 Å². The molecule has 2 bridgehead atoms. The van der Waals surface area contributed by atoms with Gasteiger partial charge in [-0.2, -0.15) is 0 Å². The zero-order valence-corrected chi connectivity index (χ0v) is 26.4. The van der Waals surface area contributed by atoms with E-state index in [1.54, 1.807) is 36.4 Å². The normalized spacial score (nSPS) is 26.6. The third-order valence-corrected chi connectivity index (χ3v) is 8.12. The second kappa shape index (κ2) is 13.2. The molecule has 3 aliphatic rings. The van der Waals surface area contributed by atoms with Gasteiger partial charge < -0.3 is 33.2 Å². The number of hydrogen-bond donors (Lipinski definition) is 0. The molecule has 13 heteroatoms. The first-order chi connectivity index (χ1) is 21.8. The van der Waals surface area contributed by atoms with Crippen LogP contribution in [0.5, 0.6) is 5.75 Å². The third kappa shape index (κ3) is 6.79. The van der Waals surface area contributed by atoms with Crippen LogP contribution in [0, 0.1) is 0 Å². The molecular weight excluding hydrogens is 624 g/mol. The van der Waals surface area contributed by atoms with Crippen molar-refractivity contribution in [2.75, 3.05) is 13.2 Å². The quantitative estimate of drug-likeness (QED) is 0.270. The molecule has 46 heavy (non-hydrogen) atoms. The largest absolute Gasteiger partial charge is 0.463 e. The number of Topliss-reactive ketones (excluding diaryl/α,β-unsaturated/α-hetero) is 1. The van der Waals surface area contributed by atoms with Crippen LogP contribution in [-0.4, -0.2) is 66.8 Å². The second-order valence-electron chi connectivity index (χ2n) is 11.3. The minimum Gasteiger partial charge on any atom is -0.463 e. The Bertz CT molecular complexity index is 1580. The van der Waals surface area contributed by atoms with E-state index in [1.165, 1.54) is 6.92 Å². The van der Waals surface area contributed by atoms with Crippen LogP contribution < -0.4 is 4.74 Å². The second-order valence-corrected chi connectivity index (χ2v) is 11.7. The Morgan fingerprint density at radius 2 is 1.57 bits per heavy atom. The highest BCUT2D eigenvalue weighted by molar-refractivity contribution is 6.31. The maximum atomic E-state index is 12.4. The summed E-state index contributed by atoms with van der Waals surface area (Å²) in [6, 6.07) is 12.1. The highest BCUT2D eigenvalue weighted by atomic mass is 35.5. The molecule has 0 spiro atoms. The van der Waals surface area contributed by atoms with Gasteiger partial charge in [-0.3, -0.25) is 24.0 Å². The molecule has 2 aliphatic heterocycles. The van der Waals surface area contributed by atoms with Crippen LogP contribution in [0.25, 0.3) is 0 Å². The first-order valence-electron chi connectivity index (χ1n) is 14.6. The van der Waals surface area contributed by atoms with Gasteiger partial charge in [0.05, 0.1) is 6.61 Å². The SMILES string of the molecule is CC(=O)OC[C@@]12CO[C@@](c3ccc(Cl)c(Cc4ccc(OC5=CCCC5=O)cc4)c3)(O1)[C@H](OC(C)=O)[C@@H](OC(C)=O)[C@@H]2OC(C)=O. The van der Waals surface area contributed by atoms with Gasteiger partial charge in [0.25, 0.3) is 0 Å². The molecule has 2 aromatic carbocycles. The zero-order chi connectivity index (χ0) is 33.2. The monoisotopic (exact) mass is 656 g/mol. The number of carbonyl (C=O) groups is 5. The molecule has 2 saturated heterocycles. The molecule has 2 fully saturated rings. The maximum Gasteiger partial charge on any atom is 0.303 e. The van der Waals surface area contributed by atoms with E-state index in [2.05, 4.69) is 0 Å². The topological polar surface area (TPSA) is 150 Å². The smallest absolute Gasteiger partial charge is 0.303 e. The number of benzene rings is 2. The Labute approximate surface area is 269 Å². The lowest BCUT2D eigenvalue weighted by atomic mass is 9.83. The van der Waals surface area contributed by atoms with Gasteiger partial charge in [-0.15, -0.1) is 0 Å². The fraction of sp³-hybridized carbons (Fsp3) is 0.424. The van der Waals surface area contributed by atoms with Gasteiger partial charge >= 0.3 is 23.9 Å². The Hall–Kier alpha value is -4.26. The number of carbonyl (C=O) groups excluding carboxylic acids is 5. The standard InChI is InChI=1S/C33H33ClO12/c1-18(35)40-16-32-17-41-33(46-32,31(44-21(4)38)29(42-19(2)36)30(32)43-20(3)37)24-10-13-26(34)23(15-24)14-22-8-11-25(12-9-22)45-28-7-5-6-27(28)39/h7-13,15,29-31H,5-6,14,16-17H2,1-4H3/t29-,30-,31+,32-,33-/m0/s1. The minimum atomic E-state index is -1.89. The number of hydrogen-bond acceptors (Lipinski definition) is 12. The summed E-state index contributed by atoms with van der Waals surface area (Å²) in [4.78, 5) is 60.8. The van der Waals surface area contributed by atoms with E-state index in [0.717, 1.165) is 26.3 Å². The number of fused-ring (bicyclic) bond motifs is 2. The van der Waals surface area contributed by atoms with E-state index >= 15 is 0 Å². The summed E-state index contributed by atoms with van der Waals surface area (Å²) in [6.07, 6.45) is -1.03. The first-order valence-corrected chi connectivity index (χ1v) is 15.0. The summed E-state index contributed by atoms with van der Waals surface area (Å²) >= 11 is 6.63. The molecule has 0 N–H and O–H groups in total. The molecule has 12 nitrogen and oxygen atoms in total. The van der Waals surface area contributed by atoms with E-state index < -0.39 is 60.2 Å². The first kappa shape index (κ1) is 33.1. The van der Waals surface area contributed by atoms with Gasteiger partial charge in [-0.25, -0.2) is 0 Å². The molecule has 0 radical (unpaired) electrons. The summed E-state index contributed by atoms with van der Waals surface area (Å²) in [5, 5.41) is 0.417. The number of rotatable bonds is 10. The minimum absolute atomic E-state index is 0.0369. The van der Waals surface area contributed by atoms with Crippen molar-refractivity contribution in [2.45, 2.75) is 76.7 Å². The lowest BCUT2D eigenvalue weighted by Crippen LogP contribution is -2.68. The fourth-order valence-electron chi connectivity index (χ4n) is 5.84. The van der Waals surface area contributed by atoms with Gasteiger partial charge in [0.1, 0.15) is 12.4 Å². The van der Waals surface area contributed by atoms with Crippen LogP contribution in [0.2, 0.25) is 5.02 Å². The molecule has 0 aromatic heterocycles. The Morgan fingerprint density at radius 3 is 2.17 bits per heavy atom. The van der Waals surface area contributed by atoms with Crippen molar-refractivity contribution in [3.8, 4) is 5.75 Å². The number of allylic oxidation sites excluding steroid dienone is 2. The lowest BCUT2D eigenvalue weighted by molar-refractivity contribution is -0.334. The number of ketones is 1. The van der Waals surface area contributed by atoms with E-state index in [1.807, 2.05) is 12.1 Å². The third-order valence-electron chi connectivity index (χ3n) is 7.75. The van der Waals surface area contributed by atoms with Crippen molar-refractivity contribution in [2.24, 2.45) is 0 Å². The van der Waals surface area contributed by atoms with Crippen molar-refractivity contribution < 1.29 is 57.1 Å². The molecule has 0 amide bonds. The van der Waals surface area contributed by atoms with Crippen molar-refractivity contribution in [3.63, 3.8) is 0 Å². The van der Waals surface area contributed by atoms with E-state index in [4.69, 9.17) is 44.8 Å². The van der Waals surface area contributed by atoms with Crippen LogP contribution in [0.4, 0.5) is 0 Å². The van der Waals surface area contributed by atoms with Crippen molar-refractivity contribution >= 4 is 41.3 Å². The number of halogens is 1. The van der Waals surface area contributed by atoms with Gasteiger partial charge in [-0.1, -0.05) is 29.8 Å². The maximum absolute atomic E-state index is 12.4. The molecular formula is C33H33ClO12. The Kier molecular flexibility index (Phi) is 9.52. The summed E-state index contributed by atoms with van der Waals surface area (Å²) in [5.41, 5.74) is 0.224. The highest BCUT2D eigenvalue weighted by Crippen LogP contribution is 2.53. The molecule has 2 heterocycles. The number of esters is 4. The van der Waals surface area contributed by atoms with Crippen LogP contribution in [0.3, 0.4) is 0 Å². The Balaban J connectivity index is 1.52. The van der Waals surface area contributed by atoms with E-state index in [-0.39, 0.29) is 12.4 Å². The molecule has 0 saturated carbocycles. The summed E-state index contributed by atoms with van der Waals surface area (Å²) in [5.74, 6) is -3.96. The highest BCUT2D eigenvalue weighted by Gasteiger charge is 2.72. The van der Waals surface area contributed by atoms with Crippen LogP contribution in [-0.2, 0) is 64.6 Å². The summed E-state index contributed by atoms with van der Waals surface area (Å²) in [7, 11) is 0. The van der Waals surface area contributed by atoms with Crippen molar-refractivity contribution in [3.05, 3.63) is 76.0 Å².